The molecule has 2 N–H and O–H groups in total. The SMILES string of the molecule is COc1cc(NC(=O)c2ccccc2Cl)c(C(=O)O)cc1OC. The van der Waals surface area contributed by atoms with Crippen LogP contribution in [-0.2, 0) is 0 Å². The van der Waals surface area contributed by atoms with Crippen molar-refractivity contribution in [2.45, 2.75) is 0 Å². The normalized spacial score (nSPS) is 10.0. The average molecular weight is 336 g/mol. The highest BCUT2D eigenvalue weighted by atomic mass is 35.5. The van der Waals surface area contributed by atoms with Crippen LogP contribution in [0.15, 0.2) is 36.4 Å². The molecule has 1 amide bonds. The van der Waals surface area contributed by atoms with Crippen molar-refractivity contribution in [3.63, 3.8) is 0 Å². The minimum Gasteiger partial charge on any atom is -0.493 e. The number of carboxylic acid groups (broad SMARTS) is 1. The van der Waals surface area contributed by atoms with E-state index in [-0.39, 0.29) is 27.6 Å². The van der Waals surface area contributed by atoms with Crippen molar-refractivity contribution in [2.24, 2.45) is 0 Å². The minimum atomic E-state index is -1.21. The quantitative estimate of drug-likeness (QED) is 0.875. The number of halogens is 1. The first-order chi connectivity index (χ1) is 11.0. The molecule has 7 heteroatoms. The number of hydrogen-bond acceptors (Lipinski definition) is 4. The molecule has 0 fully saturated rings. The lowest BCUT2D eigenvalue weighted by atomic mass is 10.1. The van der Waals surface area contributed by atoms with Gasteiger partial charge in [0.1, 0.15) is 0 Å². The fourth-order valence-electron chi connectivity index (χ4n) is 1.99. The van der Waals surface area contributed by atoms with Crippen molar-refractivity contribution in [1.82, 2.24) is 0 Å². The molecule has 0 bridgehead atoms. The van der Waals surface area contributed by atoms with Gasteiger partial charge in [-0.2, -0.15) is 0 Å². The summed E-state index contributed by atoms with van der Waals surface area (Å²) in [5, 5.41) is 12.1. The van der Waals surface area contributed by atoms with Gasteiger partial charge in [0.15, 0.2) is 11.5 Å². The van der Waals surface area contributed by atoms with Gasteiger partial charge >= 0.3 is 5.97 Å². The Morgan fingerprint density at radius 3 is 2.22 bits per heavy atom. The predicted molar refractivity (Wildman–Crippen MR) is 85.9 cm³/mol. The van der Waals surface area contributed by atoms with E-state index in [0.29, 0.717) is 5.75 Å². The number of carbonyl (C=O) groups is 2. The number of hydrogen-bond donors (Lipinski definition) is 2. The second kappa shape index (κ2) is 7.02. The number of nitrogens with one attached hydrogen (secondary N) is 1. The van der Waals surface area contributed by atoms with Gasteiger partial charge in [-0.3, -0.25) is 4.79 Å². The van der Waals surface area contributed by atoms with E-state index >= 15 is 0 Å². The zero-order chi connectivity index (χ0) is 17.0. The highest BCUT2D eigenvalue weighted by molar-refractivity contribution is 6.34. The standard InChI is InChI=1S/C16H14ClNO5/c1-22-13-7-10(16(20)21)12(8-14(13)23-2)18-15(19)9-5-3-4-6-11(9)17/h3-8H,1-2H3,(H,18,19)(H,20,21). The largest absolute Gasteiger partial charge is 0.493 e. The van der Waals surface area contributed by atoms with Crippen molar-refractivity contribution in [1.29, 1.82) is 0 Å². The Labute approximate surface area is 137 Å². The van der Waals surface area contributed by atoms with Crippen LogP contribution in [0.5, 0.6) is 11.5 Å². The van der Waals surface area contributed by atoms with Crippen LogP contribution in [0.1, 0.15) is 20.7 Å². The topological polar surface area (TPSA) is 84.9 Å². The highest BCUT2D eigenvalue weighted by Gasteiger charge is 2.19. The summed E-state index contributed by atoms with van der Waals surface area (Å²) in [6.45, 7) is 0. The van der Waals surface area contributed by atoms with Crippen LogP contribution >= 0.6 is 11.6 Å². The first-order valence-electron chi connectivity index (χ1n) is 6.53. The van der Waals surface area contributed by atoms with Crippen molar-refractivity contribution in [3.05, 3.63) is 52.5 Å². The van der Waals surface area contributed by atoms with E-state index in [2.05, 4.69) is 5.32 Å². The second-order valence-electron chi connectivity index (χ2n) is 4.49. The summed E-state index contributed by atoms with van der Waals surface area (Å²) in [5.74, 6) is -1.18. The molecular formula is C16H14ClNO5. The first kappa shape index (κ1) is 16.6. The summed E-state index contributed by atoms with van der Waals surface area (Å²) >= 11 is 5.97. The maximum atomic E-state index is 12.3. The Hall–Kier alpha value is -2.73. The molecule has 0 aromatic heterocycles. The van der Waals surface area contributed by atoms with Crippen molar-refractivity contribution in [3.8, 4) is 11.5 Å². The Balaban J connectivity index is 2.44. The summed E-state index contributed by atoms with van der Waals surface area (Å²) < 4.78 is 10.2. The molecule has 0 heterocycles. The third-order valence-electron chi connectivity index (χ3n) is 3.12. The monoisotopic (exact) mass is 335 g/mol. The molecule has 2 aromatic rings. The highest BCUT2D eigenvalue weighted by Crippen LogP contribution is 2.33. The summed E-state index contributed by atoms with van der Waals surface area (Å²) in [6.07, 6.45) is 0. The average Bonchev–Trinajstić information content (AvgIpc) is 2.54. The zero-order valence-electron chi connectivity index (χ0n) is 12.4. The van der Waals surface area contributed by atoms with E-state index in [1.165, 1.54) is 26.4 Å². The molecule has 0 aliphatic heterocycles. The number of aromatic carboxylic acids is 1. The maximum absolute atomic E-state index is 12.3. The van der Waals surface area contributed by atoms with Crippen LogP contribution < -0.4 is 14.8 Å². The van der Waals surface area contributed by atoms with Gasteiger partial charge in [0.05, 0.1) is 36.1 Å². The Bertz CT molecular complexity index is 760. The maximum Gasteiger partial charge on any atom is 0.337 e. The lowest BCUT2D eigenvalue weighted by molar-refractivity contribution is 0.0697. The molecule has 0 unspecified atom stereocenters. The molecule has 2 rings (SSSR count). The van der Waals surface area contributed by atoms with Crippen LogP contribution in [0, 0.1) is 0 Å². The van der Waals surface area contributed by atoms with Crippen molar-refractivity contribution in [2.75, 3.05) is 19.5 Å². The van der Waals surface area contributed by atoms with Crippen LogP contribution in [0.3, 0.4) is 0 Å². The van der Waals surface area contributed by atoms with Crippen LogP contribution in [-0.4, -0.2) is 31.2 Å². The third kappa shape index (κ3) is 3.54. The molecule has 0 atom stereocenters. The second-order valence-corrected chi connectivity index (χ2v) is 4.90. The summed E-state index contributed by atoms with van der Waals surface area (Å²) in [4.78, 5) is 23.7. The van der Waals surface area contributed by atoms with Crippen LogP contribution in [0.2, 0.25) is 5.02 Å². The van der Waals surface area contributed by atoms with Gasteiger partial charge in [0, 0.05) is 12.1 Å². The Morgan fingerprint density at radius 2 is 1.65 bits per heavy atom. The molecule has 0 radical (unpaired) electrons. The number of carbonyl (C=O) groups excluding carboxylic acids is 1. The van der Waals surface area contributed by atoms with Crippen molar-refractivity contribution >= 4 is 29.2 Å². The lowest BCUT2D eigenvalue weighted by Crippen LogP contribution is -2.15. The predicted octanol–water partition coefficient (Wildman–Crippen LogP) is 3.31. The summed E-state index contributed by atoms with van der Waals surface area (Å²) in [6, 6.07) is 9.13. The summed E-state index contributed by atoms with van der Waals surface area (Å²) in [7, 11) is 2.81. The first-order valence-corrected chi connectivity index (χ1v) is 6.91. The molecule has 23 heavy (non-hydrogen) atoms. The van der Waals surface area contributed by atoms with E-state index in [1.54, 1.807) is 24.3 Å². The number of ether oxygens (including phenoxy) is 2. The van der Waals surface area contributed by atoms with Gasteiger partial charge in [0.2, 0.25) is 0 Å². The fourth-order valence-corrected chi connectivity index (χ4v) is 2.22. The molecular weight excluding hydrogens is 322 g/mol. The third-order valence-corrected chi connectivity index (χ3v) is 3.45. The number of carboxylic acids is 1. The van der Waals surface area contributed by atoms with Crippen LogP contribution in [0.25, 0.3) is 0 Å². The van der Waals surface area contributed by atoms with Gasteiger partial charge in [-0.1, -0.05) is 23.7 Å². The Kier molecular flexibility index (Phi) is 5.08. The van der Waals surface area contributed by atoms with Gasteiger partial charge in [-0.15, -0.1) is 0 Å². The van der Waals surface area contributed by atoms with E-state index in [0.717, 1.165) is 0 Å². The van der Waals surface area contributed by atoms with E-state index < -0.39 is 11.9 Å². The van der Waals surface area contributed by atoms with Crippen LogP contribution in [0.4, 0.5) is 5.69 Å². The summed E-state index contributed by atoms with van der Waals surface area (Å²) in [5.41, 5.74) is 0.198. The smallest absolute Gasteiger partial charge is 0.337 e. The minimum absolute atomic E-state index is 0.0834. The molecule has 0 aliphatic rings. The fraction of sp³-hybridized carbons (Fsp3) is 0.125. The van der Waals surface area contributed by atoms with Gasteiger partial charge in [-0.05, 0) is 12.1 Å². The lowest BCUT2D eigenvalue weighted by Gasteiger charge is -2.14. The molecule has 0 saturated carbocycles. The number of anilines is 1. The number of amides is 1. The van der Waals surface area contributed by atoms with Gasteiger partial charge < -0.3 is 19.9 Å². The van der Waals surface area contributed by atoms with Crippen molar-refractivity contribution < 1.29 is 24.2 Å². The van der Waals surface area contributed by atoms with Gasteiger partial charge in [-0.25, -0.2) is 4.79 Å². The molecule has 0 aliphatic carbocycles. The zero-order valence-corrected chi connectivity index (χ0v) is 13.2. The molecule has 2 aromatic carbocycles. The van der Waals surface area contributed by atoms with E-state index in [1.807, 2.05) is 0 Å². The molecule has 120 valence electrons. The molecule has 0 saturated heterocycles. The number of benzene rings is 2. The van der Waals surface area contributed by atoms with Gasteiger partial charge in [0.25, 0.3) is 5.91 Å². The van der Waals surface area contributed by atoms with E-state index in [4.69, 9.17) is 21.1 Å². The molecule has 6 nitrogen and oxygen atoms in total. The number of methoxy groups -OCH3 is 2. The molecule has 0 spiro atoms. The number of rotatable bonds is 5. The van der Waals surface area contributed by atoms with E-state index in [9.17, 15) is 14.7 Å². The Morgan fingerprint density at radius 1 is 1.04 bits per heavy atom.